The molecular formula is C15H20N2O2. The van der Waals surface area contributed by atoms with Gasteiger partial charge in [-0.1, -0.05) is 18.2 Å². The third-order valence-electron chi connectivity index (χ3n) is 3.97. The summed E-state index contributed by atoms with van der Waals surface area (Å²) in [5.74, 6) is 2.01. The number of carbonyl (C=O) groups excluding carboxylic acids is 1. The number of fused-ring (bicyclic) bond motifs is 1. The van der Waals surface area contributed by atoms with Gasteiger partial charge in [-0.3, -0.25) is 4.79 Å². The lowest BCUT2D eigenvalue weighted by Crippen LogP contribution is -2.48. The van der Waals surface area contributed by atoms with Crippen molar-refractivity contribution in [1.82, 2.24) is 10.6 Å². The van der Waals surface area contributed by atoms with Gasteiger partial charge in [0.05, 0.1) is 6.61 Å². The van der Waals surface area contributed by atoms with Gasteiger partial charge in [-0.15, -0.1) is 0 Å². The van der Waals surface area contributed by atoms with Gasteiger partial charge in [-0.2, -0.15) is 0 Å². The Kier molecular flexibility index (Phi) is 3.69. The maximum absolute atomic E-state index is 12.0. The van der Waals surface area contributed by atoms with E-state index >= 15 is 0 Å². The molecule has 0 radical (unpaired) electrons. The fourth-order valence-corrected chi connectivity index (χ4v) is 2.67. The molecule has 3 rings (SSSR count). The quantitative estimate of drug-likeness (QED) is 0.857. The highest BCUT2D eigenvalue weighted by Gasteiger charge is 2.24. The first-order valence-electron chi connectivity index (χ1n) is 7.02. The average molecular weight is 260 g/mol. The Bertz CT molecular complexity index is 457. The summed E-state index contributed by atoms with van der Waals surface area (Å²) < 4.78 is 5.62. The Morgan fingerprint density at radius 3 is 3.00 bits per heavy atom. The topological polar surface area (TPSA) is 50.4 Å². The molecule has 1 aromatic carbocycles. The first-order chi connectivity index (χ1) is 9.33. The molecule has 2 N–H and O–H groups in total. The molecule has 4 nitrogen and oxygen atoms in total. The molecular weight excluding hydrogens is 240 g/mol. The minimum atomic E-state index is 0.161. The lowest BCUT2D eigenvalue weighted by atomic mass is 9.90. The van der Waals surface area contributed by atoms with Gasteiger partial charge in [0.2, 0.25) is 5.91 Å². The monoisotopic (exact) mass is 260 g/mol. The zero-order valence-corrected chi connectivity index (χ0v) is 11.0. The van der Waals surface area contributed by atoms with Crippen LogP contribution in [0.25, 0.3) is 0 Å². The van der Waals surface area contributed by atoms with Crippen LogP contribution >= 0.6 is 0 Å². The van der Waals surface area contributed by atoms with Crippen LogP contribution in [0, 0.1) is 5.92 Å². The average Bonchev–Trinajstić information content (AvgIpc) is 2.37. The highest BCUT2D eigenvalue weighted by atomic mass is 16.5. The third kappa shape index (κ3) is 2.89. The molecule has 1 aromatic rings. The van der Waals surface area contributed by atoms with Gasteiger partial charge < -0.3 is 15.4 Å². The summed E-state index contributed by atoms with van der Waals surface area (Å²) in [4.78, 5) is 12.0. The summed E-state index contributed by atoms with van der Waals surface area (Å²) in [7, 11) is 0. The molecule has 1 fully saturated rings. The van der Waals surface area contributed by atoms with E-state index in [-0.39, 0.29) is 5.91 Å². The first kappa shape index (κ1) is 12.5. The number of ether oxygens (including phenoxy) is 1. The van der Waals surface area contributed by atoms with Crippen LogP contribution < -0.4 is 15.4 Å². The van der Waals surface area contributed by atoms with Gasteiger partial charge in [0.25, 0.3) is 0 Å². The normalized spacial score (nSPS) is 22.0. The van der Waals surface area contributed by atoms with Crippen molar-refractivity contribution < 1.29 is 9.53 Å². The van der Waals surface area contributed by atoms with E-state index in [0.717, 1.165) is 31.8 Å². The molecule has 1 atom stereocenters. The van der Waals surface area contributed by atoms with Crippen LogP contribution in [-0.2, 0) is 4.79 Å². The molecule has 1 saturated heterocycles. The predicted molar refractivity (Wildman–Crippen MR) is 73.3 cm³/mol. The summed E-state index contributed by atoms with van der Waals surface area (Å²) in [5, 5.41) is 6.25. The van der Waals surface area contributed by atoms with Crippen molar-refractivity contribution in [1.29, 1.82) is 0 Å². The number of rotatable bonds is 4. The van der Waals surface area contributed by atoms with E-state index in [1.807, 2.05) is 18.2 Å². The standard InChI is InChI=1S/C15H20N2O2/c18-15(17-10-11-8-16-9-11)7-12-5-6-19-14-4-2-1-3-13(12)14/h1-4,11-12,16H,5-10H2,(H,17,18). The van der Waals surface area contributed by atoms with Crippen LogP contribution in [0.2, 0.25) is 0 Å². The Morgan fingerprint density at radius 2 is 2.21 bits per heavy atom. The van der Waals surface area contributed by atoms with Crippen molar-refractivity contribution in [3.8, 4) is 5.75 Å². The van der Waals surface area contributed by atoms with Crippen molar-refractivity contribution >= 4 is 5.91 Å². The Balaban J connectivity index is 1.56. The molecule has 0 aromatic heterocycles. The van der Waals surface area contributed by atoms with E-state index in [1.165, 1.54) is 5.56 Å². The van der Waals surface area contributed by atoms with Crippen molar-refractivity contribution in [2.24, 2.45) is 5.92 Å². The summed E-state index contributed by atoms with van der Waals surface area (Å²) in [6.07, 6.45) is 1.50. The van der Waals surface area contributed by atoms with Gasteiger partial charge in [-0.05, 0) is 24.0 Å². The van der Waals surface area contributed by atoms with Crippen molar-refractivity contribution in [3.05, 3.63) is 29.8 Å². The summed E-state index contributed by atoms with van der Waals surface area (Å²) in [5.41, 5.74) is 1.18. The molecule has 19 heavy (non-hydrogen) atoms. The highest BCUT2D eigenvalue weighted by Crippen LogP contribution is 2.35. The predicted octanol–water partition coefficient (Wildman–Crippen LogP) is 1.28. The number of hydrogen-bond acceptors (Lipinski definition) is 3. The first-order valence-corrected chi connectivity index (χ1v) is 7.02. The Morgan fingerprint density at radius 1 is 1.37 bits per heavy atom. The fraction of sp³-hybridized carbons (Fsp3) is 0.533. The van der Waals surface area contributed by atoms with Gasteiger partial charge in [0.15, 0.2) is 0 Å². The molecule has 0 aliphatic carbocycles. The number of amides is 1. The second-order valence-corrected chi connectivity index (χ2v) is 5.40. The van der Waals surface area contributed by atoms with Crippen LogP contribution in [0.5, 0.6) is 5.75 Å². The Labute approximate surface area is 113 Å². The lowest BCUT2D eigenvalue weighted by molar-refractivity contribution is -0.121. The number of hydrogen-bond donors (Lipinski definition) is 2. The lowest BCUT2D eigenvalue weighted by Gasteiger charge is -2.28. The van der Waals surface area contributed by atoms with Crippen molar-refractivity contribution in [2.45, 2.75) is 18.8 Å². The largest absolute Gasteiger partial charge is 0.493 e. The van der Waals surface area contributed by atoms with Crippen LogP contribution in [0.1, 0.15) is 24.3 Å². The van der Waals surface area contributed by atoms with Gasteiger partial charge in [0, 0.05) is 32.0 Å². The number of nitrogens with one attached hydrogen (secondary N) is 2. The van der Waals surface area contributed by atoms with E-state index in [2.05, 4.69) is 16.7 Å². The smallest absolute Gasteiger partial charge is 0.220 e. The van der Waals surface area contributed by atoms with Crippen LogP contribution in [0.3, 0.4) is 0 Å². The van der Waals surface area contributed by atoms with Gasteiger partial charge in [-0.25, -0.2) is 0 Å². The SMILES string of the molecule is O=C(CC1CCOc2ccccc21)NCC1CNC1. The van der Waals surface area contributed by atoms with E-state index in [9.17, 15) is 4.79 Å². The molecule has 1 unspecified atom stereocenters. The van der Waals surface area contributed by atoms with E-state index in [4.69, 9.17) is 4.74 Å². The van der Waals surface area contributed by atoms with E-state index in [1.54, 1.807) is 0 Å². The van der Waals surface area contributed by atoms with Gasteiger partial charge in [0.1, 0.15) is 5.75 Å². The zero-order valence-electron chi connectivity index (χ0n) is 11.0. The molecule has 2 aliphatic heterocycles. The molecule has 0 bridgehead atoms. The minimum Gasteiger partial charge on any atom is -0.493 e. The minimum absolute atomic E-state index is 0.161. The highest BCUT2D eigenvalue weighted by molar-refractivity contribution is 5.77. The number of benzene rings is 1. The molecule has 2 aliphatic rings. The Hall–Kier alpha value is -1.55. The van der Waals surface area contributed by atoms with E-state index < -0.39 is 0 Å². The fourth-order valence-electron chi connectivity index (χ4n) is 2.67. The van der Waals surface area contributed by atoms with Gasteiger partial charge >= 0.3 is 0 Å². The molecule has 1 amide bonds. The summed E-state index contributed by atoms with van der Waals surface area (Å²) in [6, 6.07) is 8.05. The van der Waals surface area contributed by atoms with Crippen molar-refractivity contribution in [3.63, 3.8) is 0 Å². The third-order valence-corrected chi connectivity index (χ3v) is 3.97. The zero-order chi connectivity index (χ0) is 13.1. The molecule has 0 saturated carbocycles. The maximum Gasteiger partial charge on any atom is 0.220 e. The number of carbonyl (C=O) groups is 1. The molecule has 2 heterocycles. The van der Waals surface area contributed by atoms with Crippen LogP contribution in [0.4, 0.5) is 0 Å². The molecule has 4 heteroatoms. The van der Waals surface area contributed by atoms with E-state index in [0.29, 0.717) is 24.9 Å². The van der Waals surface area contributed by atoms with Crippen molar-refractivity contribution in [2.75, 3.05) is 26.2 Å². The second-order valence-electron chi connectivity index (χ2n) is 5.40. The second kappa shape index (κ2) is 5.61. The molecule has 102 valence electrons. The summed E-state index contributed by atoms with van der Waals surface area (Å²) >= 11 is 0. The molecule has 0 spiro atoms. The van der Waals surface area contributed by atoms with Crippen LogP contribution in [-0.4, -0.2) is 32.1 Å². The number of para-hydroxylation sites is 1. The summed E-state index contributed by atoms with van der Waals surface area (Å²) in [6.45, 7) is 3.57. The van der Waals surface area contributed by atoms with Crippen LogP contribution in [0.15, 0.2) is 24.3 Å². The maximum atomic E-state index is 12.0.